The minimum atomic E-state index is -0.172. The van der Waals surface area contributed by atoms with Crippen molar-refractivity contribution in [2.75, 3.05) is 13.1 Å². The third-order valence-electron chi connectivity index (χ3n) is 4.52. The zero-order valence-electron chi connectivity index (χ0n) is 15.9. The zero-order valence-corrected chi connectivity index (χ0v) is 15.9. The maximum Gasteiger partial charge on any atom is 0.298 e. The number of nitrogens with zero attached hydrogens (tertiary/aromatic N) is 2. The highest BCUT2D eigenvalue weighted by Gasteiger charge is 2.23. The molecule has 6 nitrogen and oxygen atoms in total. The van der Waals surface area contributed by atoms with E-state index in [0.29, 0.717) is 30.9 Å². The van der Waals surface area contributed by atoms with Gasteiger partial charge in [-0.2, -0.15) is 0 Å². The summed E-state index contributed by atoms with van der Waals surface area (Å²) in [5.74, 6) is 5.56. The lowest BCUT2D eigenvalue weighted by Crippen LogP contribution is -2.41. The summed E-state index contributed by atoms with van der Waals surface area (Å²) < 4.78 is 6.03. The van der Waals surface area contributed by atoms with Gasteiger partial charge < -0.3 is 15.0 Å². The van der Waals surface area contributed by atoms with Crippen molar-refractivity contribution in [3.05, 3.63) is 59.9 Å². The normalized spacial score (nSPS) is 14.0. The van der Waals surface area contributed by atoms with Gasteiger partial charge in [0.15, 0.2) is 0 Å². The Morgan fingerprint density at radius 1 is 1.21 bits per heavy atom. The summed E-state index contributed by atoms with van der Waals surface area (Å²) in [4.78, 5) is 30.1. The predicted octanol–water partition coefficient (Wildman–Crippen LogP) is 2.40. The summed E-state index contributed by atoms with van der Waals surface area (Å²) in [6.07, 6.45) is 3.20. The molecule has 1 aromatic carbocycles. The number of hydrogen-bond acceptors (Lipinski definition) is 4. The van der Waals surface area contributed by atoms with Gasteiger partial charge >= 0.3 is 0 Å². The van der Waals surface area contributed by atoms with Crippen LogP contribution in [0, 0.1) is 11.8 Å². The Labute approximate surface area is 164 Å². The molecule has 1 aliphatic rings. The van der Waals surface area contributed by atoms with Crippen LogP contribution in [-0.4, -0.2) is 40.9 Å². The van der Waals surface area contributed by atoms with Gasteiger partial charge in [0.25, 0.3) is 11.8 Å². The summed E-state index contributed by atoms with van der Waals surface area (Å²) >= 11 is 0. The number of carbonyl (C=O) groups is 2. The standard InChI is InChI=1S/C22H23N3O3/c1-2-6-21(26)25-13-10-19(11-14-25)28-20-9-5-7-17(15-20)22(27)24-16-18-8-3-4-12-23-18/h3-5,7-9,12,15,19H,10-11,13-14,16H2,1H3,(H,24,27). The second kappa shape index (κ2) is 9.56. The molecule has 0 unspecified atom stereocenters. The van der Waals surface area contributed by atoms with Gasteiger partial charge in [-0.15, -0.1) is 0 Å². The van der Waals surface area contributed by atoms with E-state index in [9.17, 15) is 9.59 Å². The third kappa shape index (κ3) is 5.34. The molecule has 1 N–H and O–H groups in total. The molecule has 0 bridgehead atoms. The highest BCUT2D eigenvalue weighted by Crippen LogP contribution is 2.20. The fraction of sp³-hybridized carbons (Fsp3) is 0.318. The van der Waals surface area contributed by atoms with E-state index in [1.807, 2.05) is 24.3 Å². The van der Waals surface area contributed by atoms with Crippen LogP contribution in [-0.2, 0) is 11.3 Å². The number of piperidine rings is 1. The van der Waals surface area contributed by atoms with Crippen molar-refractivity contribution in [1.29, 1.82) is 0 Å². The molecule has 28 heavy (non-hydrogen) atoms. The number of nitrogens with one attached hydrogen (secondary N) is 1. The van der Waals surface area contributed by atoms with Crippen molar-refractivity contribution in [2.45, 2.75) is 32.4 Å². The molecule has 1 aliphatic heterocycles. The first-order chi connectivity index (χ1) is 13.7. The van der Waals surface area contributed by atoms with E-state index in [1.165, 1.54) is 0 Å². The van der Waals surface area contributed by atoms with Gasteiger partial charge in [-0.3, -0.25) is 14.6 Å². The van der Waals surface area contributed by atoms with Crippen LogP contribution in [0.1, 0.15) is 35.8 Å². The van der Waals surface area contributed by atoms with Gasteiger partial charge in [0.2, 0.25) is 0 Å². The molecular weight excluding hydrogens is 354 g/mol. The average Bonchev–Trinajstić information content (AvgIpc) is 2.73. The van der Waals surface area contributed by atoms with Crippen LogP contribution in [0.2, 0.25) is 0 Å². The molecule has 2 heterocycles. The highest BCUT2D eigenvalue weighted by molar-refractivity contribution is 5.94. The van der Waals surface area contributed by atoms with E-state index in [4.69, 9.17) is 4.74 Å². The smallest absolute Gasteiger partial charge is 0.298 e. The maximum absolute atomic E-state index is 12.4. The van der Waals surface area contributed by atoms with Crippen molar-refractivity contribution in [3.8, 4) is 17.6 Å². The molecule has 3 rings (SSSR count). The summed E-state index contributed by atoms with van der Waals surface area (Å²) in [7, 11) is 0. The quantitative estimate of drug-likeness (QED) is 0.813. The Hall–Kier alpha value is -3.33. The Morgan fingerprint density at radius 2 is 2.04 bits per heavy atom. The second-order valence-corrected chi connectivity index (χ2v) is 6.52. The van der Waals surface area contributed by atoms with Crippen LogP contribution in [0.15, 0.2) is 48.7 Å². The lowest BCUT2D eigenvalue weighted by molar-refractivity contribution is -0.126. The number of hydrogen-bond donors (Lipinski definition) is 1. The average molecular weight is 377 g/mol. The molecule has 2 amide bonds. The Morgan fingerprint density at radius 3 is 2.75 bits per heavy atom. The van der Waals surface area contributed by atoms with Gasteiger partial charge in [-0.25, -0.2) is 0 Å². The largest absolute Gasteiger partial charge is 0.490 e. The van der Waals surface area contributed by atoms with Crippen LogP contribution < -0.4 is 10.1 Å². The molecule has 0 aliphatic carbocycles. The molecular formula is C22H23N3O3. The maximum atomic E-state index is 12.4. The predicted molar refractivity (Wildman–Crippen MR) is 106 cm³/mol. The Bertz CT molecular complexity index is 879. The van der Waals surface area contributed by atoms with Gasteiger partial charge in [0, 0.05) is 37.7 Å². The van der Waals surface area contributed by atoms with Crippen molar-refractivity contribution in [3.63, 3.8) is 0 Å². The first kappa shape index (κ1) is 19.4. The van der Waals surface area contributed by atoms with Gasteiger partial charge in [0.1, 0.15) is 11.9 Å². The summed E-state index contributed by atoms with van der Waals surface area (Å²) in [5, 5.41) is 2.86. The number of carbonyl (C=O) groups excluding carboxylic acids is 2. The van der Waals surface area contributed by atoms with E-state index in [2.05, 4.69) is 22.1 Å². The number of rotatable bonds is 5. The number of aromatic nitrogens is 1. The number of benzene rings is 1. The molecule has 1 saturated heterocycles. The second-order valence-electron chi connectivity index (χ2n) is 6.52. The van der Waals surface area contributed by atoms with Crippen molar-refractivity contribution in [2.24, 2.45) is 0 Å². The van der Waals surface area contributed by atoms with E-state index < -0.39 is 0 Å². The molecule has 0 atom stereocenters. The van der Waals surface area contributed by atoms with E-state index in [-0.39, 0.29) is 17.9 Å². The fourth-order valence-corrected chi connectivity index (χ4v) is 3.04. The SMILES string of the molecule is CC#CC(=O)N1CCC(Oc2cccc(C(=O)NCc3ccccn3)c2)CC1. The minimum absolute atomic E-state index is 0.0189. The van der Waals surface area contributed by atoms with Crippen molar-refractivity contribution >= 4 is 11.8 Å². The summed E-state index contributed by atoms with van der Waals surface area (Å²) in [6.45, 7) is 3.29. The third-order valence-corrected chi connectivity index (χ3v) is 4.52. The molecule has 0 radical (unpaired) electrons. The number of ether oxygens (including phenoxy) is 1. The van der Waals surface area contributed by atoms with Crippen molar-refractivity contribution in [1.82, 2.24) is 15.2 Å². The Balaban J connectivity index is 1.53. The molecule has 0 spiro atoms. The highest BCUT2D eigenvalue weighted by atomic mass is 16.5. The van der Waals surface area contributed by atoms with E-state index in [1.54, 1.807) is 36.2 Å². The minimum Gasteiger partial charge on any atom is -0.490 e. The van der Waals surface area contributed by atoms with Gasteiger partial charge in [0.05, 0.1) is 12.2 Å². The first-order valence-corrected chi connectivity index (χ1v) is 9.32. The molecule has 1 aromatic heterocycles. The number of likely N-dealkylation sites (tertiary alicyclic amines) is 1. The summed E-state index contributed by atoms with van der Waals surface area (Å²) in [6, 6.07) is 12.7. The van der Waals surface area contributed by atoms with Crippen LogP contribution in [0.4, 0.5) is 0 Å². The molecule has 0 saturated carbocycles. The van der Waals surface area contributed by atoms with Crippen molar-refractivity contribution < 1.29 is 14.3 Å². The van der Waals surface area contributed by atoms with Gasteiger partial charge in [-0.05, 0) is 43.2 Å². The topological polar surface area (TPSA) is 71.5 Å². The fourth-order valence-electron chi connectivity index (χ4n) is 3.04. The Kier molecular flexibility index (Phi) is 6.64. The monoisotopic (exact) mass is 377 g/mol. The first-order valence-electron chi connectivity index (χ1n) is 9.32. The zero-order chi connectivity index (χ0) is 19.8. The van der Waals surface area contributed by atoms with Gasteiger partial charge in [-0.1, -0.05) is 18.1 Å². The molecule has 144 valence electrons. The number of amides is 2. The van der Waals surface area contributed by atoms with Crippen LogP contribution in [0.5, 0.6) is 5.75 Å². The summed E-state index contributed by atoms with van der Waals surface area (Å²) in [5.41, 5.74) is 1.34. The van der Waals surface area contributed by atoms with E-state index in [0.717, 1.165) is 18.5 Å². The lowest BCUT2D eigenvalue weighted by atomic mass is 10.1. The lowest BCUT2D eigenvalue weighted by Gasteiger charge is -2.31. The van der Waals surface area contributed by atoms with Crippen LogP contribution >= 0.6 is 0 Å². The number of pyridine rings is 1. The molecule has 1 fully saturated rings. The molecule has 2 aromatic rings. The van der Waals surface area contributed by atoms with E-state index >= 15 is 0 Å². The van der Waals surface area contributed by atoms with Crippen LogP contribution in [0.3, 0.4) is 0 Å². The molecule has 6 heteroatoms. The van der Waals surface area contributed by atoms with Crippen LogP contribution in [0.25, 0.3) is 0 Å².